The second-order valence-electron chi connectivity index (χ2n) is 4.94. The van der Waals surface area contributed by atoms with Crippen molar-refractivity contribution in [2.75, 3.05) is 23.8 Å². The van der Waals surface area contributed by atoms with Crippen molar-refractivity contribution in [2.24, 2.45) is 0 Å². The summed E-state index contributed by atoms with van der Waals surface area (Å²) in [5.41, 5.74) is 1.35. The summed E-state index contributed by atoms with van der Waals surface area (Å²) in [5.74, 6) is 0.249. The van der Waals surface area contributed by atoms with Gasteiger partial charge in [0.05, 0.1) is 23.6 Å². The average molecular weight is 307 g/mol. The first-order chi connectivity index (χ1) is 10.2. The number of ether oxygens (including phenoxy) is 1. The van der Waals surface area contributed by atoms with Crippen molar-refractivity contribution in [3.05, 3.63) is 23.8 Å². The number of hydrogen-bond donors (Lipinski definition) is 0. The van der Waals surface area contributed by atoms with E-state index in [9.17, 15) is 9.59 Å². The average Bonchev–Trinajstić information content (AvgIpc) is 2.49. The molecule has 2 rings (SSSR count). The van der Waals surface area contributed by atoms with Crippen LogP contribution in [0.2, 0.25) is 0 Å². The predicted octanol–water partition coefficient (Wildman–Crippen LogP) is 3.49. The van der Waals surface area contributed by atoms with Crippen LogP contribution in [0.5, 0.6) is 0 Å². The Labute approximate surface area is 129 Å². The maximum Gasteiger partial charge on any atom is 0.338 e. The smallest absolute Gasteiger partial charge is 0.338 e. The first-order valence-corrected chi connectivity index (χ1v) is 8.40. The number of unbranched alkanes of at least 4 members (excludes halogenated alkanes) is 2. The van der Waals surface area contributed by atoms with E-state index in [-0.39, 0.29) is 11.9 Å². The zero-order valence-corrected chi connectivity index (χ0v) is 13.4. The van der Waals surface area contributed by atoms with Gasteiger partial charge in [-0.1, -0.05) is 19.8 Å². The van der Waals surface area contributed by atoms with E-state index in [1.54, 1.807) is 19.1 Å². The van der Waals surface area contributed by atoms with E-state index >= 15 is 0 Å². The van der Waals surface area contributed by atoms with Gasteiger partial charge in [0.1, 0.15) is 0 Å². The van der Waals surface area contributed by atoms with Crippen LogP contribution in [-0.2, 0) is 9.53 Å². The van der Waals surface area contributed by atoms with Crippen molar-refractivity contribution >= 4 is 29.3 Å². The number of carbonyl (C=O) groups excluding carboxylic acids is 2. The van der Waals surface area contributed by atoms with Crippen molar-refractivity contribution in [1.29, 1.82) is 0 Å². The molecule has 114 valence electrons. The van der Waals surface area contributed by atoms with Crippen LogP contribution >= 0.6 is 11.8 Å². The fourth-order valence-corrected chi connectivity index (χ4v) is 3.22. The van der Waals surface area contributed by atoms with Crippen LogP contribution in [0, 0.1) is 0 Å². The van der Waals surface area contributed by atoms with Crippen LogP contribution in [0.25, 0.3) is 0 Å². The van der Waals surface area contributed by atoms with Gasteiger partial charge in [-0.15, -0.1) is 11.8 Å². The molecule has 21 heavy (non-hydrogen) atoms. The van der Waals surface area contributed by atoms with Crippen LogP contribution in [0.4, 0.5) is 5.69 Å². The maximum atomic E-state index is 12.1. The van der Waals surface area contributed by atoms with Crippen LogP contribution < -0.4 is 4.90 Å². The Morgan fingerprint density at radius 3 is 2.86 bits per heavy atom. The number of hydrogen-bond acceptors (Lipinski definition) is 4. The first-order valence-electron chi connectivity index (χ1n) is 7.41. The zero-order valence-electron chi connectivity index (χ0n) is 12.6. The maximum absolute atomic E-state index is 12.1. The van der Waals surface area contributed by atoms with Gasteiger partial charge < -0.3 is 9.64 Å². The number of anilines is 1. The Hall–Kier alpha value is -1.49. The Balaban J connectivity index is 2.24. The number of thioether (sulfide) groups is 1. The molecular weight excluding hydrogens is 286 g/mol. The summed E-state index contributed by atoms with van der Waals surface area (Å²) in [7, 11) is 0. The van der Waals surface area contributed by atoms with E-state index in [4.69, 9.17) is 4.74 Å². The van der Waals surface area contributed by atoms with Crippen molar-refractivity contribution in [3.8, 4) is 0 Å². The van der Waals surface area contributed by atoms with Gasteiger partial charge in [0.25, 0.3) is 0 Å². The highest BCUT2D eigenvalue weighted by atomic mass is 32.2. The standard InChI is InChI=1S/C16H21NO3S/c1-3-5-6-9-17-13-10-12(16(19)20-4-2)7-8-14(13)21-11-15(17)18/h7-8,10H,3-6,9,11H2,1-2H3. The van der Waals surface area contributed by atoms with E-state index in [1.165, 1.54) is 11.8 Å². The molecule has 1 aromatic rings. The van der Waals surface area contributed by atoms with Crippen LogP contribution in [0.15, 0.2) is 23.1 Å². The van der Waals surface area contributed by atoms with Crippen LogP contribution in [0.1, 0.15) is 43.5 Å². The van der Waals surface area contributed by atoms with Crippen molar-refractivity contribution < 1.29 is 14.3 Å². The summed E-state index contributed by atoms with van der Waals surface area (Å²) in [4.78, 5) is 26.9. The van der Waals surface area contributed by atoms with E-state index in [2.05, 4.69) is 6.92 Å². The van der Waals surface area contributed by atoms with Crippen molar-refractivity contribution in [1.82, 2.24) is 0 Å². The molecule has 1 amide bonds. The Bertz CT molecular complexity index is 530. The third kappa shape index (κ3) is 3.79. The second-order valence-corrected chi connectivity index (χ2v) is 5.96. The van der Waals surface area contributed by atoms with E-state index < -0.39 is 0 Å². The lowest BCUT2D eigenvalue weighted by Gasteiger charge is -2.29. The zero-order chi connectivity index (χ0) is 15.2. The minimum atomic E-state index is -0.336. The molecule has 0 spiro atoms. The molecule has 1 aliphatic heterocycles. The van der Waals surface area contributed by atoms with Crippen molar-refractivity contribution in [3.63, 3.8) is 0 Å². The lowest BCUT2D eigenvalue weighted by molar-refractivity contribution is -0.116. The van der Waals surface area contributed by atoms with Crippen LogP contribution in [-0.4, -0.2) is 30.8 Å². The van der Waals surface area contributed by atoms with Gasteiger partial charge in [-0.3, -0.25) is 4.79 Å². The van der Waals surface area contributed by atoms with Gasteiger partial charge in [-0.25, -0.2) is 4.79 Å². The summed E-state index contributed by atoms with van der Waals surface area (Å²) in [6, 6.07) is 5.46. The molecule has 0 aliphatic carbocycles. The number of amides is 1. The third-order valence-electron chi connectivity index (χ3n) is 3.40. The number of esters is 1. The first kappa shape index (κ1) is 15.9. The molecule has 1 heterocycles. The normalized spacial score (nSPS) is 14.0. The van der Waals surface area contributed by atoms with E-state index in [1.807, 2.05) is 11.0 Å². The second kappa shape index (κ2) is 7.50. The summed E-state index contributed by atoms with van der Waals surface area (Å²) in [5, 5.41) is 0. The SMILES string of the molecule is CCCCCN1C(=O)CSc2ccc(C(=O)OCC)cc21. The topological polar surface area (TPSA) is 46.6 Å². The van der Waals surface area contributed by atoms with Gasteiger partial charge in [-0.05, 0) is 31.5 Å². The molecule has 0 bridgehead atoms. The predicted molar refractivity (Wildman–Crippen MR) is 85.0 cm³/mol. The summed E-state index contributed by atoms with van der Waals surface area (Å²) in [6.45, 7) is 4.99. The fraction of sp³-hybridized carbons (Fsp3) is 0.500. The lowest BCUT2D eigenvalue weighted by Crippen LogP contribution is -2.36. The highest BCUT2D eigenvalue weighted by molar-refractivity contribution is 8.00. The molecule has 4 nitrogen and oxygen atoms in total. The monoisotopic (exact) mass is 307 g/mol. The molecule has 0 saturated heterocycles. The third-order valence-corrected chi connectivity index (χ3v) is 4.45. The largest absolute Gasteiger partial charge is 0.462 e. The lowest BCUT2D eigenvalue weighted by atomic mass is 10.1. The molecule has 1 aromatic carbocycles. The molecule has 5 heteroatoms. The molecule has 0 radical (unpaired) electrons. The van der Waals surface area contributed by atoms with Crippen LogP contribution in [0.3, 0.4) is 0 Å². The Morgan fingerprint density at radius 1 is 1.33 bits per heavy atom. The fourth-order valence-electron chi connectivity index (χ4n) is 2.31. The summed E-state index contributed by atoms with van der Waals surface area (Å²) in [6.07, 6.45) is 3.20. The van der Waals surface area contributed by atoms with Gasteiger partial charge in [0, 0.05) is 11.4 Å². The number of benzene rings is 1. The quantitative estimate of drug-likeness (QED) is 0.596. The highest BCUT2D eigenvalue weighted by Gasteiger charge is 2.25. The van der Waals surface area contributed by atoms with Gasteiger partial charge in [0.2, 0.25) is 5.91 Å². The van der Waals surface area contributed by atoms with E-state index in [0.29, 0.717) is 24.5 Å². The minimum Gasteiger partial charge on any atom is -0.462 e. The molecule has 1 aliphatic rings. The Morgan fingerprint density at radius 2 is 2.14 bits per heavy atom. The highest BCUT2D eigenvalue weighted by Crippen LogP contribution is 2.36. The summed E-state index contributed by atoms with van der Waals surface area (Å²) >= 11 is 1.53. The number of nitrogens with zero attached hydrogens (tertiary/aromatic N) is 1. The number of fused-ring (bicyclic) bond motifs is 1. The molecule has 0 fully saturated rings. The molecule has 0 atom stereocenters. The molecule has 0 N–H and O–H groups in total. The van der Waals surface area contributed by atoms with E-state index in [0.717, 1.165) is 29.8 Å². The minimum absolute atomic E-state index is 0.115. The molecule has 0 aromatic heterocycles. The number of rotatable bonds is 6. The molecular formula is C16H21NO3S. The summed E-state index contributed by atoms with van der Waals surface area (Å²) < 4.78 is 5.03. The van der Waals surface area contributed by atoms with Gasteiger partial charge in [0.15, 0.2) is 0 Å². The molecule has 0 unspecified atom stereocenters. The van der Waals surface area contributed by atoms with Gasteiger partial charge >= 0.3 is 5.97 Å². The number of carbonyl (C=O) groups is 2. The van der Waals surface area contributed by atoms with Crippen molar-refractivity contribution in [2.45, 2.75) is 38.0 Å². The molecule has 0 saturated carbocycles. The van der Waals surface area contributed by atoms with Gasteiger partial charge in [-0.2, -0.15) is 0 Å². The Kier molecular flexibility index (Phi) is 5.67.